The first-order chi connectivity index (χ1) is 13.4. The van der Waals surface area contributed by atoms with E-state index < -0.39 is 29.2 Å². The number of aliphatic hydroxyl groups excluding tert-OH is 1. The van der Waals surface area contributed by atoms with Gasteiger partial charge in [-0.1, -0.05) is 19.1 Å². The zero-order valence-corrected chi connectivity index (χ0v) is 16.1. The zero-order chi connectivity index (χ0) is 20.1. The van der Waals surface area contributed by atoms with Gasteiger partial charge in [0, 0.05) is 12.5 Å². The molecule has 0 aromatic heterocycles. The maximum absolute atomic E-state index is 12.7. The molecule has 150 valence electrons. The first kappa shape index (κ1) is 18.8. The fraction of sp³-hybridized carbons (Fsp3) is 0.476. The third kappa shape index (κ3) is 2.32. The second kappa shape index (κ2) is 6.53. The summed E-state index contributed by atoms with van der Waals surface area (Å²) in [4.78, 5) is 12.7. The quantitative estimate of drug-likeness (QED) is 0.613. The molecule has 0 amide bonds. The summed E-state index contributed by atoms with van der Waals surface area (Å²) in [5, 5.41) is 11.4. The van der Waals surface area contributed by atoms with Crippen molar-refractivity contribution in [3.8, 4) is 11.5 Å². The Bertz CT molecular complexity index is 847. The van der Waals surface area contributed by atoms with Gasteiger partial charge in [0.2, 0.25) is 18.3 Å². The Morgan fingerprint density at radius 1 is 1.32 bits per heavy atom. The molecule has 2 bridgehead atoms. The molecule has 0 radical (unpaired) electrons. The third-order valence-corrected chi connectivity index (χ3v) is 6.32. The maximum Gasteiger partial charge on any atom is 0.375 e. The van der Waals surface area contributed by atoms with E-state index in [1.165, 1.54) is 14.2 Å². The van der Waals surface area contributed by atoms with Crippen LogP contribution in [0.1, 0.15) is 24.8 Å². The van der Waals surface area contributed by atoms with Crippen molar-refractivity contribution in [3.63, 3.8) is 0 Å². The van der Waals surface area contributed by atoms with Gasteiger partial charge >= 0.3 is 5.97 Å². The molecule has 3 aliphatic rings. The molecule has 1 saturated carbocycles. The van der Waals surface area contributed by atoms with Crippen molar-refractivity contribution in [1.82, 2.24) is 0 Å². The number of rotatable bonds is 5. The van der Waals surface area contributed by atoms with E-state index in [2.05, 4.69) is 6.58 Å². The summed E-state index contributed by atoms with van der Waals surface area (Å²) in [7, 11) is 2.84. The smallest absolute Gasteiger partial charge is 0.375 e. The molecule has 1 aliphatic carbocycles. The largest absolute Gasteiger partial charge is 0.490 e. The lowest BCUT2D eigenvalue weighted by molar-refractivity contribution is -0.261. The fourth-order valence-electron chi connectivity index (χ4n) is 4.94. The van der Waals surface area contributed by atoms with Gasteiger partial charge in [-0.3, -0.25) is 0 Å². The molecule has 7 nitrogen and oxygen atoms in total. The molecule has 4 rings (SSSR count). The van der Waals surface area contributed by atoms with E-state index in [0.29, 0.717) is 17.9 Å². The number of esters is 1. The number of fused-ring (bicyclic) bond motifs is 3. The Labute approximate surface area is 163 Å². The molecular formula is C21H24O7. The molecule has 1 aromatic rings. The van der Waals surface area contributed by atoms with Crippen molar-refractivity contribution in [2.24, 2.45) is 11.3 Å². The van der Waals surface area contributed by atoms with Gasteiger partial charge in [-0.15, -0.1) is 6.58 Å². The molecule has 0 unspecified atom stereocenters. The number of aliphatic hydroxyl groups is 1. The Morgan fingerprint density at radius 2 is 2.07 bits per heavy atom. The van der Waals surface area contributed by atoms with Gasteiger partial charge in [0.1, 0.15) is 6.10 Å². The SMILES string of the molecule is C=CC[C@]12C=C(OC)C(=O)O[C@](OC)([C@H](c3ccc4c(c3)OCO4)[C@H]1C)[C@@H]2O. The van der Waals surface area contributed by atoms with E-state index in [9.17, 15) is 9.90 Å². The van der Waals surface area contributed by atoms with E-state index in [0.717, 1.165) is 5.56 Å². The van der Waals surface area contributed by atoms with E-state index in [-0.39, 0.29) is 18.5 Å². The number of hydrogen-bond donors (Lipinski definition) is 1. The van der Waals surface area contributed by atoms with Crippen molar-refractivity contribution in [2.75, 3.05) is 21.0 Å². The topological polar surface area (TPSA) is 83.5 Å². The van der Waals surface area contributed by atoms with Crippen molar-refractivity contribution in [2.45, 2.75) is 31.2 Å². The highest BCUT2D eigenvalue weighted by atomic mass is 16.7. The molecule has 1 N–H and O–H groups in total. The Balaban J connectivity index is 1.92. The van der Waals surface area contributed by atoms with Gasteiger partial charge in [-0.25, -0.2) is 4.79 Å². The van der Waals surface area contributed by atoms with Crippen molar-refractivity contribution < 1.29 is 33.6 Å². The van der Waals surface area contributed by atoms with Crippen LogP contribution in [0.25, 0.3) is 0 Å². The second-order valence-electron chi connectivity index (χ2n) is 7.41. The molecule has 7 heteroatoms. The molecule has 5 atom stereocenters. The lowest BCUT2D eigenvalue weighted by Gasteiger charge is -2.36. The van der Waals surface area contributed by atoms with Crippen LogP contribution in [-0.4, -0.2) is 44.0 Å². The van der Waals surface area contributed by atoms with Crippen LogP contribution >= 0.6 is 0 Å². The van der Waals surface area contributed by atoms with Crippen molar-refractivity contribution in [3.05, 3.63) is 48.3 Å². The molecule has 2 aliphatic heterocycles. The summed E-state index contributed by atoms with van der Waals surface area (Å²) in [5.41, 5.74) is -0.0262. The Kier molecular flexibility index (Phi) is 4.39. The van der Waals surface area contributed by atoms with Gasteiger partial charge in [0.15, 0.2) is 11.5 Å². The highest BCUT2D eigenvalue weighted by molar-refractivity contribution is 5.87. The van der Waals surface area contributed by atoms with E-state index in [1.54, 1.807) is 12.2 Å². The zero-order valence-electron chi connectivity index (χ0n) is 16.1. The first-order valence-electron chi connectivity index (χ1n) is 9.17. The molecule has 1 aromatic carbocycles. The predicted octanol–water partition coefficient (Wildman–Crippen LogP) is 2.50. The van der Waals surface area contributed by atoms with Gasteiger partial charge in [0.05, 0.1) is 13.0 Å². The third-order valence-electron chi connectivity index (χ3n) is 6.32. The van der Waals surface area contributed by atoms with Crippen molar-refractivity contribution in [1.29, 1.82) is 0 Å². The molecule has 2 heterocycles. The normalized spacial score (nSPS) is 35.8. The van der Waals surface area contributed by atoms with E-state index >= 15 is 0 Å². The maximum atomic E-state index is 12.7. The average molecular weight is 388 g/mol. The second-order valence-corrected chi connectivity index (χ2v) is 7.41. The van der Waals surface area contributed by atoms with Crippen LogP contribution in [0.15, 0.2) is 42.7 Å². The average Bonchev–Trinajstić information content (AvgIpc) is 3.19. The van der Waals surface area contributed by atoms with Gasteiger partial charge in [0.25, 0.3) is 0 Å². The number of hydrogen-bond acceptors (Lipinski definition) is 7. The number of ether oxygens (including phenoxy) is 5. The summed E-state index contributed by atoms with van der Waals surface area (Å²) >= 11 is 0. The highest BCUT2D eigenvalue weighted by Crippen LogP contribution is 2.62. The highest BCUT2D eigenvalue weighted by Gasteiger charge is 2.70. The lowest BCUT2D eigenvalue weighted by atomic mass is 9.71. The minimum absolute atomic E-state index is 0.0517. The number of allylic oxidation sites excluding steroid dienone is 1. The molecule has 1 fully saturated rings. The summed E-state index contributed by atoms with van der Waals surface area (Å²) < 4.78 is 27.7. The summed E-state index contributed by atoms with van der Waals surface area (Å²) in [5.74, 6) is -1.55. The number of carbonyl (C=O) groups is 1. The van der Waals surface area contributed by atoms with Crippen LogP contribution in [0.2, 0.25) is 0 Å². The standard InChI is InChI=1S/C21H24O7/c1-5-8-20-10-16(24-3)18(22)28-21(25-4,19(20)23)17(12(20)2)13-6-7-14-15(9-13)27-11-26-14/h5-7,9-10,12,17,19,23H,1,8,11H2,2-4H3/t12-,17+,19-,20+,21-/m1/s1. The minimum Gasteiger partial charge on any atom is -0.490 e. The van der Waals surface area contributed by atoms with Gasteiger partial charge < -0.3 is 28.8 Å². The molecule has 0 spiro atoms. The number of benzene rings is 1. The fourth-order valence-corrected chi connectivity index (χ4v) is 4.94. The summed E-state index contributed by atoms with van der Waals surface area (Å²) in [6, 6.07) is 5.55. The lowest BCUT2D eigenvalue weighted by Crippen LogP contribution is -2.50. The van der Waals surface area contributed by atoms with E-state index in [1.807, 2.05) is 25.1 Å². The Hall–Kier alpha value is -2.51. The monoisotopic (exact) mass is 388 g/mol. The van der Waals surface area contributed by atoms with Crippen LogP contribution in [0.4, 0.5) is 0 Å². The van der Waals surface area contributed by atoms with E-state index in [4.69, 9.17) is 23.7 Å². The van der Waals surface area contributed by atoms with Crippen LogP contribution < -0.4 is 9.47 Å². The number of carbonyl (C=O) groups excluding carboxylic acids is 1. The van der Waals surface area contributed by atoms with Crippen LogP contribution in [0, 0.1) is 11.3 Å². The molecule has 0 saturated heterocycles. The summed E-state index contributed by atoms with van der Waals surface area (Å²) in [6.45, 7) is 6.01. The number of methoxy groups -OCH3 is 2. The minimum atomic E-state index is -1.58. The Morgan fingerprint density at radius 3 is 2.75 bits per heavy atom. The van der Waals surface area contributed by atoms with Gasteiger partial charge in [-0.2, -0.15) is 0 Å². The van der Waals surface area contributed by atoms with Crippen LogP contribution in [0.5, 0.6) is 11.5 Å². The molecular weight excluding hydrogens is 364 g/mol. The van der Waals surface area contributed by atoms with Gasteiger partial charge in [-0.05, 0) is 36.1 Å². The van der Waals surface area contributed by atoms with Crippen LogP contribution in [-0.2, 0) is 19.0 Å². The predicted molar refractivity (Wildman–Crippen MR) is 98.6 cm³/mol. The van der Waals surface area contributed by atoms with Crippen LogP contribution in [0.3, 0.4) is 0 Å². The summed E-state index contributed by atoms with van der Waals surface area (Å²) in [6.07, 6.45) is 2.69. The van der Waals surface area contributed by atoms with Crippen molar-refractivity contribution >= 4 is 5.97 Å². The molecule has 28 heavy (non-hydrogen) atoms. The first-order valence-corrected chi connectivity index (χ1v) is 9.17.